The first-order valence-electron chi connectivity index (χ1n) is 5.45. The topological polar surface area (TPSA) is 35.2 Å². The minimum Gasteiger partial charge on any atom is -0.457 e. The summed E-state index contributed by atoms with van der Waals surface area (Å²) in [5.41, 5.74) is 6.94. The molecule has 0 saturated carbocycles. The van der Waals surface area contributed by atoms with Crippen molar-refractivity contribution in [3.63, 3.8) is 0 Å². The number of hydrogen-bond donors (Lipinski definition) is 1. The lowest BCUT2D eigenvalue weighted by atomic mass is 10.1. The van der Waals surface area contributed by atoms with Crippen molar-refractivity contribution in [2.24, 2.45) is 5.73 Å². The number of nitrogens with two attached hydrogens (primary N) is 1. The Labute approximate surface area is 115 Å². The van der Waals surface area contributed by atoms with Crippen LogP contribution >= 0.6 is 22.6 Å². The van der Waals surface area contributed by atoms with Crippen molar-refractivity contribution in [3.8, 4) is 11.5 Å². The Hall–Kier alpha value is -1.07. The van der Waals surface area contributed by atoms with E-state index in [2.05, 4.69) is 22.6 Å². The van der Waals surface area contributed by atoms with Crippen LogP contribution in [0, 0.1) is 3.57 Å². The summed E-state index contributed by atoms with van der Waals surface area (Å²) >= 11 is 2.27. The Bertz CT molecular complexity index is 511. The van der Waals surface area contributed by atoms with Gasteiger partial charge >= 0.3 is 0 Å². The summed E-state index contributed by atoms with van der Waals surface area (Å²) in [6.07, 6.45) is 0. The summed E-state index contributed by atoms with van der Waals surface area (Å²) in [5.74, 6) is 1.66. The first kappa shape index (κ1) is 12.4. The average molecular weight is 339 g/mol. The molecule has 0 heterocycles. The second-order valence-corrected chi connectivity index (χ2v) is 5.13. The highest BCUT2D eigenvalue weighted by Gasteiger charge is 2.07. The SMILES string of the molecule is C[C@@H](N)c1ccccc1Oc1cccc(I)c1. The quantitative estimate of drug-likeness (QED) is 0.855. The van der Waals surface area contributed by atoms with Gasteiger partial charge < -0.3 is 10.5 Å². The summed E-state index contributed by atoms with van der Waals surface area (Å²) in [4.78, 5) is 0. The number of rotatable bonds is 3. The molecule has 0 aromatic heterocycles. The first-order chi connectivity index (χ1) is 8.16. The lowest BCUT2D eigenvalue weighted by molar-refractivity contribution is 0.472. The standard InChI is InChI=1S/C14H14INO/c1-10(16)13-7-2-3-8-14(13)17-12-6-4-5-11(15)9-12/h2-10H,16H2,1H3/t10-/m1/s1. The zero-order chi connectivity index (χ0) is 12.3. The number of benzene rings is 2. The van der Waals surface area contributed by atoms with Gasteiger partial charge in [0, 0.05) is 15.2 Å². The lowest BCUT2D eigenvalue weighted by Gasteiger charge is -2.13. The van der Waals surface area contributed by atoms with Crippen LogP contribution in [0.3, 0.4) is 0 Å². The van der Waals surface area contributed by atoms with Crippen molar-refractivity contribution in [1.82, 2.24) is 0 Å². The number of halogens is 1. The van der Waals surface area contributed by atoms with E-state index < -0.39 is 0 Å². The van der Waals surface area contributed by atoms with Gasteiger partial charge in [-0.2, -0.15) is 0 Å². The molecule has 2 rings (SSSR count). The van der Waals surface area contributed by atoms with Crippen LogP contribution in [-0.4, -0.2) is 0 Å². The highest BCUT2D eigenvalue weighted by atomic mass is 127. The van der Waals surface area contributed by atoms with Crippen LogP contribution in [0.15, 0.2) is 48.5 Å². The first-order valence-corrected chi connectivity index (χ1v) is 6.52. The molecule has 0 unspecified atom stereocenters. The molecule has 0 saturated heterocycles. The van der Waals surface area contributed by atoms with Gasteiger partial charge in [-0.3, -0.25) is 0 Å². The summed E-state index contributed by atoms with van der Waals surface area (Å²) in [5, 5.41) is 0. The summed E-state index contributed by atoms with van der Waals surface area (Å²) in [6.45, 7) is 1.96. The van der Waals surface area contributed by atoms with Crippen LogP contribution in [0.25, 0.3) is 0 Å². The van der Waals surface area contributed by atoms with Gasteiger partial charge in [0.2, 0.25) is 0 Å². The maximum Gasteiger partial charge on any atom is 0.132 e. The van der Waals surface area contributed by atoms with E-state index >= 15 is 0 Å². The summed E-state index contributed by atoms with van der Waals surface area (Å²) in [7, 11) is 0. The monoisotopic (exact) mass is 339 g/mol. The molecular formula is C14H14INO. The van der Waals surface area contributed by atoms with E-state index in [0.717, 1.165) is 20.6 Å². The van der Waals surface area contributed by atoms with Crippen LogP contribution in [0.1, 0.15) is 18.5 Å². The van der Waals surface area contributed by atoms with Crippen molar-refractivity contribution in [2.45, 2.75) is 13.0 Å². The third-order valence-corrected chi connectivity index (χ3v) is 3.10. The molecule has 0 bridgehead atoms. The maximum atomic E-state index is 5.92. The minimum absolute atomic E-state index is 0.0333. The van der Waals surface area contributed by atoms with E-state index in [4.69, 9.17) is 10.5 Å². The average Bonchev–Trinajstić information content (AvgIpc) is 2.29. The van der Waals surface area contributed by atoms with Gasteiger partial charge in [0.1, 0.15) is 11.5 Å². The van der Waals surface area contributed by atoms with Crippen LogP contribution in [0.4, 0.5) is 0 Å². The fraction of sp³-hybridized carbons (Fsp3) is 0.143. The van der Waals surface area contributed by atoms with Gasteiger partial charge in [0.05, 0.1) is 0 Å². The molecule has 0 radical (unpaired) electrons. The van der Waals surface area contributed by atoms with E-state index in [1.54, 1.807) is 0 Å². The van der Waals surface area contributed by atoms with E-state index in [-0.39, 0.29) is 6.04 Å². The molecule has 0 aliphatic carbocycles. The number of hydrogen-bond acceptors (Lipinski definition) is 2. The predicted octanol–water partition coefficient (Wildman–Crippen LogP) is 4.10. The molecule has 2 N–H and O–H groups in total. The normalized spacial score (nSPS) is 12.2. The van der Waals surface area contributed by atoms with Crippen LogP contribution in [0.2, 0.25) is 0 Å². The Kier molecular flexibility index (Phi) is 4.02. The fourth-order valence-corrected chi connectivity index (χ4v) is 2.12. The Balaban J connectivity index is 2.30. The molecule has 3 heteroatoms. The fourth-order valence-electron chi connectivity index (χ4n) is 1.61. The molecule has 88 valence electrons. The summed E-state index contributed by atoms with van der Waals surface area (Å²) in [6, 6.07) is 15.8. The smallest absolute Gasteiger partial charge is 0.132 e. The highest BCUT2D eigenvalue weighted by molar-refractivity contribution is 14.1. The zero-order valence-electron chi connectivity index (χ0n) is 9.56. The third-order valence-electron chi connectivity index (χ3n) is 2.43. The molecular weight excluding hydrogens is 325 g/mol. The Morgan fingerprint density at radius 2 is 1.88 bits per heavy atom. The molecule has 2 nitrogen and oxygen atoms in total. The molecule has 0 fully saturated rings. The molecule has 17 heavy (non-hydrogen) atoms. The summed E-state index contributed by atoms with van der Waals surface area (Å²) < 4.78 is 7.02. The van der Waals surface area contributed by atoms with Gasteiger partial charge in [-0.25, -0.2) is 0 Å². The third kappa shape index (κ3) is 3.20. The molecule has 1 atom stereocenters. The van der Waals surface area contributed by atoms with Crippen molar-refractivity contribution in [2.75, 3.05) is 0 Å². The van der Waals surface area contributed by atoms with Crippen molar-refractivity contribution < 1.29 is 4.74 Å². The minimum atomic E-state index is -0.0333. The van der Waals surface area contributed by atoms with Gasteiger partial charge in [-0.05, 0) is 53.8 Å². The predicted molar refractivity (Wildman–Crippen MR) is 78.3 cm³/mol. The molecule has 0 aliphatic heterocycles. The largest absolute Gasteiger partial charge is 0.457 e. The number of ether oxygens (including phenoxy) is 1. The highest BCUT2D eigenvalue weighted by Crippen LogP contribution is 2.29. The van der Waals surface area contributed by atoms with E-state index in [0.29, 0.717) is 0 Å². The van der Waals surface area contributed by atoms with Gasteiger partial charge in [0.25, 0.3) is 0 Å². The second kappa shape index (κ2) is 5.51. The van der Waals surface area contributed by atoms with Crippen LogP contribution in [-0.2, 0) is 0 Å². The van der Waals surface area contributed by atoms with E-state index in [9.17, 15) is 0 Å². The lowest BCUT2D eigenvalue weighted by Crippen LogP contribution is -2.06. The van der Waals surface area contributed by atoms with Crippen molar-refractivity contribution in [3.05, 3.63) is 57.7 Å². The molecule has 2 aromatic rings. The molecule has 0 amide bonds. The van der Waals surface area contributed by atoms with Crippen molar-refractivity contribution >= 4 is 22.6 Å². The zero-order valence-corrected chi connectivity index (χ0v) is 11.7. The van der Waals surface area contributed by atoms with E-state index in [1.807, 2.05) is 55.5 Å². The Morgan fingerprint density at radius 1 is 1.12 bits per heavy atom. The number of para-hydroxylation sites is 1. The molecule has 0 aliphatic rings. The van der Waals surface area contributed by atoms with Gasteiger partial charge in [0.15, 0.2) is 0 Å². The van der Waals surface area contributed by atoms with Crippen molar-refractivity contribution in [1.29, 1.82) is 0 Å². The molecule has 0 spiro atoms. The van der Waals surface area contributed by atoms with Crippen LogP contribution < -0.4 is 10.5 Å². The van der Waals surface area contributed by atoms with E-state index in [1.165, 1.54) is 0 Å². The van der Waals surface area contributed by atoms with Gasteiger partial charge in [-0.1, -0.05) is 24.3 Å². The Morgan fingerprint density at radius 3 is 2.59 bits per heavy atom. The second-order valence-electron chi connectivity index (χ2n) is 3.89. The maximum absolute atomic E-state index is 5.92. The molecule has 2 aromatic carbocycles. The van der Waals surface area contributed by atoms with Crippen LogP contribution in [0.5, 0.6) is 11.5 Å². The van der Waals surface area contributed by atoms with Gasteiger partial charge in [-0.15, -0.1) is 0 Å².